The average molecular weight is 206 g/mol. The predicted octanol–water partition coefficient (Wildman–Crippen LogP) is 0.557. The molecule has 1 aromatic heterocycles. The van der Waals surface area contributed by atoms with Crippen molar-refractivity contribution >= 4 is 5.82 Å². The Labute approximate surface area is 89.0 Å². The van der Waals surface area contributed by atoms with Crippen LogP contribution >= 0.6 is 0 Å². The zero-order chi connectivity index (χ0) is 11.1. The minimum Gasteiger partial charge on any atom is -0.396 e. The number of aromatic nitrogens is 2. The van der Waals surface area contributed by atoms with Gasteiger partial charge in [-0.15, -0.1) is 5.10 Å². The highest BCUT2D eigenvalue weighted by molar-refractivity contribution is 5.52. The van der Waals surface area contributed by atoms with Crippen molar-refractivity contribution in [2.75, 3.05) is 24.6 Å². The van der Waals surface area contributed by atoms with E-state index in [4.69, 9.17) is 10.4 Å². The Bertz CT molecular complexity index is 348. The van der Waals surface area contributed by atoms with Crippen molar-refractivity contribution in [1.29, 1.82) is 5.26 Å². The third-order valence-electron chi connectivity index (χ3n) is 2.09. The van der Waals surface area contributed by atoms with Crippen molar-refractivity contribution < 1.29 is 5.11 Å². The van der Waals surface area contributed by atoms with E-state index in [2.05, 4.69) is 16.3 Å². The molecule has 0 saturated heterocycles. The monoisotopic (exact) mass is 206 g/mol. The first-order valence-corrected chi connectivity index (χ1v) is 4.91. The number of hydrogen-bond acceptors (Lipinski definition) is 5. The number of anilines is 1. The van der Waals surface area contributed by atoms with Gasteiger partial charge < -0.3 is 10.0 Å². The molecule has 0 bridgehead atoms. The molecule has 0 saturated carbocycles. The zero-order valence-electron chi connectivity index (χ0n) is 8.72. The van der Waals surface area contributed by atoms with Gasteiger partial charge in [-0.2, -0.15) is 10.4 Å². The summed E-state index contributed by atoms with van der Waals surface area (Å²) in [6, 6.07) is 3.72. The van der Waals surface area contributed by atoms with Crippen molar-refractivity contribution in [1.82, 2.24) is 10.2 Å². The number of aliphatic hydroxyl groups is 1. The van der Waals surface area contributed by atoms with E-state index in [-0.39, 0.29) is 6.61 Å². The molecular weight excluding hydrogens is 192 g/mol. The van der Waals surface area contributed by atoms with Crippen molar-refractivity contribution in [2.45, 2.75) is 13.3 Å². The maximum atomic E-state index is 8.89. The molecular formula is C10H14N4O. The van der Waals surface area contributed by atoms with Crippen LogP contribution in [0.1, 0.15) is 18.9 Å². The van der Waals surface area contributed by atoms with E-state index < -0.39 is 0 Å². The normalized spacial score (nSPS) is 9.67. The average Bonchev–Trinajstić information content (AvgIpc) is 2.30. The fraction of sp³-hybridized carbons (Fsp3) is 0.500. The van der Waals surface area contributed by atoms with E-state index >= 15 is 0 Å². The van der Waals surface area contributed by atoms with Gasteiger partial charge >= 0.3 is 0 Å². The highest BCUT2D eigenvalue weighted by Gasteiger charge is 2.10. The van der Waals surface area contributed by atoms with Crippen LogP contribution in [0.15, 0.2) is 12.3 Å². The Morgan fingerprint density at radius 3 is 3.00 bits per heavy atom. The third-order valence-corrected chi connectivity index (χ3v) is 2.09. The second kappa shape index (κ2) is 5.94. The van der Waals surface area contributed by atoms with E-state index in [1.807, 2.05) is 11.8 Å². The maximum Gasteiger partial charge on any atom is 0.169 e. The Kier molecular flexibility index (Phi) is 4.51. The first-order valence-electron chi connectivity index (χ1n) is 4.91. The van der Waals surface area contributed by atoms with Crippen LogP contribution in [0.4, 0.5) is 5.82 Å². The molecule has 1 N–H and O–H groups in total. The van der Waals surface area contributed by atoms with Gasteiger partial charge in [-0.05, 0) is 19.4 Å². The van der Waals surface area contributed by atoms with Gasteiger partial charge in [-0.3, -0.25) is 0 Å². The van der Waals surface area contributed by atoms with Crippen LogP contribution in [0, 0.1) is 11.3 Å². The summed E-state index contributed by atoms with van der Waals surface area (Å²) in [5.41, 5.74) is 0.518. The first kappa shape index (κ1) is 11.4. The van der Waals surface area contributed by atoms with E-state index in [0.717, 1.165) is 6.54 Å². The highest BCUT2D eigenvalue weighted by atomic mass is 16.3. The molecule has 0 spiro atoms. The number of nitriles is 1. The quantitative estimate of drug-likeness (QED) is 0.762. The molecule has 0 atom stereocenters. The minimum absolute atomic E-state index is 0.138. The van der Waals surface area contributed by atoms with Crippen LogP contribution in [0.3, 0.4) is 0 Å². The summed E-state index contributed by atoms with van der Waals surface area (Å²) in [5.74, 6) is 0.593. The summed E-state index contributed by atoms with van der Waals surface area (Å²) in [7, 11) is 0. The smallest absolute Gasteiger partial charge is 0.169 e. The van der Waals surface area contributed by atoms with E-state index in [0.29, 0.717) is 24.3 Å². The van der Waals surface area contributed by atoms with Crippen LogP contribution in [-0.2, 0) is 0 Å². The molecule has 1 aromatic rings. The third kappa shape index (κ3) is 2.89. The molecule has 5 nitrogen and oxygen atoms in total. The molecule has 0 fully saturated rings. The van der Waals surface area contributed by atoms with Crippen LogP contribution in [0.2, 0.25) is 0 Å². The Balaban J connectivity index is 2.86. The molecule has 0 aliphatic carbocycles. The lowest BCUT2D eigenvalue weighted by Gasteiger charge is -2.21. The zero-order valence-corrected chi connectivity index (χ0v) is 8.72. The summed E-state index contributed by atoms with van der Waals surface area (Å²) in [5, 5.41) is 25.4. The van der Waals surface area contributed by atoms with Gasteiger partial charge in [0.25, 0.3) is 0 Å². The number of rotatable bonds is 5. The lowest BCUT2D eigenvalue weighted by molar-refractivity contribution is 0.289. The standard InChI is InChI=1S/C10H14N4O/c1-2-14(6-3-7-15)10-9(8-11)4-5-12-13-10/h4-5,15H,2-3,6-7H2,1H3. The van der Waals surface area contributed by atoms with Gasteiger partial charge in [0.2, 0.25) is 0 Å². The molecule has 80 valence electrons. The van der Waals surface area contributed by atoms with E-state index in [1.54, 1.807) is 6.07 Å². The van der Waals surface area contributed by atoms with Crippen LogP contribution in [0.5, 0.6) is 0 Å². The van der Waals surface area contributed by atoms with Gasteiger partial charge in [0.15, 0.2) is 5.82 Å². The lowest BCUT2D eigenvalue weighted by Crippen LogP contribution is -2.26. The summed E-state index contributed by atoms with van der Waals surface area (Å²) in [6.45, 7) is 3.54. The second-order valence-corrected chi connectivity index (χ2v) is 3.04. The first-order chi connectivity index (χ1) is 7.33. The van der Waals surface area contributed by atoms with Crippen molar-refractivity contribution in [3.8, 4) is 6.07 Å². The predicted molar refractivity (Wildman–Crippen MR) is 56.3 cm³/mol. The molecule has 5 heteroatoms. The Morgan fingerprint density at radius 1 is 1.60 bits per heavy atom. The summed E-state index contributed by atoms with van der Waals surface area (Å²) in [6.07, 6.45) is 2.16. The molecule has 0 aliphatic heterocycles. The molecule has 0 radical (unpaired) electrons. The number of nitrogens with zero attached hydrogens (tertiary/aromatic N) is 4. The van der Waals surface area contributed by atoms with Gasteiger partial charge in [-0.1, -0.05) is 0 Å². The molecule has 15 heavy (non-hydrogen) atoms. The Morgan fingerprint density at radius 2 is 2.40 bits per heavy atom. The largest absolute Gasteiger partial charge is 0.396 e. The molecule has 0 amide bonds. The SMILES string of the molecule is CCN(CCCO)c1nnccc1C#N. The molecule has 1 rings (SSSR count). The number of hydrogen-bond donors (Lipinski definition) is 1. The van der Waals surface area contributed by atoms with Gasteiger partial charge in [0.1, 0.15) is 6.07 Å². The maximum absolute atomic E-state index is 8.89. The summed E-state index contributed by atoms with van der Waals surface area (Å²) in [4.78, 5) is 1.93. The molecule has 0 aromatic carbocycles. The van der Waals surface area contributed by atoms with Crippen molar-refractivity contribution in [3.63, 3.8) is 0 Å². The van der Waals surface area contributed by atoms with Gasteiger partial charge in [-0.25, -0.2) is 0 Å². The molecule has 0 aliphatic rings. The van der Waals surface area contributed by atoms with Crippen LogP contribution in [-0.4, -0.2) is 35.0 Å². The molecule has 0 unspecified atom stereocenters. The van der Waals surface area contributed by atoms with Gasteiger partial charge in [0, 0.05) is 19.7 Å². The minimum atomic E-state index is 0.138. The topological polar surface area (TPSA) is 73.0 Å². The highest BCUT2D eigenvalue weighted by Crippen LogP contribution is 2.14. The van der Waals surface area contributed by atoms with Crippen LogP contribution < -0.4 is 4.90 Å². The number of aliphatic hydroxyl groups excluding tert-OH is 1. The van der Waals surface area contributed by atoms with Crippen molar-refractivity contribution in [2.24, 2.45) is 0 Å². The second-order valence-electron chi connectivity index (χ2n) is 3.04. The fourth-order valence-corrected chi connectivity index (χ4v) is 1.32. The van der Waals surface area contributed by atoms with Crippen LogP contribution in [0.25, 0.3) is 0 Å². The van der Waals surface area contributed by atoms with E-state index in [9.17, 15) is 0 Å². The van der Waals surface area contributed by atoms with Crippen molar-refractivity contribution in [3.05, 3.63) is 17.8 Å². The molecule has 1 heterocycles. The van der Waals surface area contributed by atoms with E-state index in [1.165, 1.54) is 6.20 Å². The summed E-state index contributed by atoms with van der Waals surface area (Å²) >= 11 is 0. The Hall–Kier alpha value is -1.67. The lowest BCUT2D eigenvalue weighted by atomic mass is 10.2. The summed E-state index contributed by atoms with van der Waals surface area (Å²) < 4.78 is 0. The van der Waals surface area contributed by atoms with Gasteiger partial charge in [0.05, 0.1) is 11.8 Å². The fourth-order valence-electron chi connectivity index (χ4n) is 1.32.